The van der Waals surface area contributed by atoms with Crippen molar-refractivity contribution in [1.82, 2.24) is 4.57 Å². The maximum Gasteiger partial charge on any atom is 0.307 e. The first-order valence-corrected chi connectivity index (χ1v) is 6.94. The molecule has 0 saturated heterocycles. The molecule has 0 radical (unpaired) electrons. The molecule has 2 aromatic rings. The number of hydrogen-bond donors (Lipinski definition) is 1. The normalized spacial score (nSPS) is 11.3. The summed E-state index contributed by atoms with van der Waals surface area (Å²) in [5, 5.41) is 9.99. The molecule has 0 aliphatic heterocycles. The minimum Gasteiger partial charge on any atom is -0.481 e. The molecule has 0 amide bonds. The van der Waals surface area contributed by atoms with Gasteiger partial charge in [0, 0.05) is 30.3 Å². The Balaban J connectivity index is 2.14. The second kappa shape index (κ2) is 6.57. The first-order chi connectivity index (χ1) is 9.58. The SMILES string of the molecule is CC(C)COCCn1cc(CC(=O)O)c2ccccc21. The van der Waals surface area contributed by atoms with Crippen LogP contribution in [0, 0.1) is 5.92 Å². The molecule has 1 N–H and O–H groups in total. The molecule has 0 aliphatic carbocycles. The van der Waals surface area contributed by atoms with Gasteiger partial charge in [0.05, 0.1) is 13.0 Å². The van der Waals surface area contributed by atoms with Gasteiger partial charge in [-0.15, -0.1) is 0 Å². The van der Waals surface area contributed by atoms with E-state index in [-0.39, 0.29) is 6.42 Å². The van der Waals surface area contributed by atoms with Crippen LogP contribution < -0.4 is 0 Å². The fourth-order valence-electron chi connectivity index (χ4n) is 2.29. The Morgan fingerprint density at radius 3 is 2.80 bits per heavy atom. The van der Waals surface area contributed by atoms with Crippen LogP contribution in [0.3, 0.4) is 0 Å². The predicted molar refractivity (Wildman–Crippen MR) is 78.9 cm³/mol. The summed E-state index contributed by atoms with van der Waals surface area (Å²) in [6.07, 6.45) is 1.98. The van der Waals surface area contributed by atoms with E-state index >= 15 is 0 Å². The highest BCUT2D eigenvalue weighted by Crippen LogP contribution is 2.21. The van der Waals surface area contributed by atoms with Gasteiger partial charge >= 0.3 is 5.97 Å². The van der Waals surface area contributed by atoms with Crippen molar-refractivity contribution < 1.29 is 14.6 Å². The summed E-state index contributed by atoms with van der Waals surface area (Å²) in [6.45, 7) is 6.38. The minimum absolute atomic E-state index is 0.0559. The van der Waals surface area contributed by atoms with E-state index in [1.807, 2.05) is 30.5 Å². The van der Waals surface area contributed by atoms with Crippen LogP contribution in [0.2, 0.25) is 0 Å². The van der Waals surface area contributed by atoms with Crippen molar-refractivity contribution >= 4 is 16.9 Å². The van der Waals surface area contributed by atoms with Gasteiger partial charge in [-0.1, -0.05) is 32.0 Å². The first kappa shape index (κ1) is 14.6. The van der Waals surface area contributed by atoms with Crippen LogP contribution in [0.1, 0.15) is 19.4 Å². The quantitative estimate of drug-likeness (QED) is 0.790. The molecular formula is C16H21NO3. The second-order valence-electron chi connectivity index (χ2n) is 5.40. The van der Waals surface area contributed by atoms with E-state index < -0.39 is 5.97 Å². The second-order valence-corrected chi connectivity index (χ2v) is 5.40. The molecule has 0 spiro atoms. The fourth-order valence-corrected chi connectivity index (χ4v) is 2.29. The molecule has 0 atom stereocenters. The lowest BCUT2D eigenvalue weighted by atomic mass is 10.1. The molecular weight excluding hydrogens is 254 g/mol. The van der Waals surface area contributed by atoms with Gasteiger partial charge in [-0.2, -0.15) is 0 Å². The minimum atomic E-state index is -0.802. The number of aliphatic carboxylic acids is 1. The number of benzene rings is 1. The van der Waals surface area contributed by atoms with Crippen molar-refractivity contribution in [2.45, 2.75) is 26.8 Å². The number of carboxylic acids is 1. The number of carboxylic acid groups (broad SMARTS) is 1. The summed E-state index contributed by atoms with van der Waals surface area (Å²) in [6, 6.07) is 7.90. The van der Waals surface area contributed by atoms with Gasteiger partial charge in [0.15, 0.2) is 0 Å². The lowest BCUT2D eigenvalue weighted by Crippen LogP contribution is -2.08. The number of fused-ring (bicyclic) bond motifs is 1. The predicted octanol–water partition coefficient (Wildman–Crippen LogP) is 2.94. The smallest absolute Gasteiger partial charge is 0.307 e. The molecule has 2 rings (SSSR count). The summed E-state index contributed by atoms with van der Waals surface area (Å²) in [7, 11) is 0. The molecule has 0 saturated carbocycles. The van der Waals surface area contributed by atoms with Gasteiger partial charge in [-0.25, -0.2) is 0 Å². The van der Waals surface area contributed by atoms with E-state index in [2.05, 4.69) is 18.4 Å². The van der Waals surface area contributed by atoms with Crippen molar-refractivity contribution in [2.75, 3.05) is 13.2 Å². The van der Waals surface area contributed by atoms with Crippen LogP contribution in [0.4, 0.5) is 0 Å². The Kier molecular flexibility index (Phi) is 4.79. The molecule has 1 aromatic carbocycles. The van der Waals surface area contributed by atoms with Crippen molar-refractivity contribution in [3.05, 3.63) is 36.0 Å². The van der Waals surface area contributed by atoms with Crippen LogP contribution in [0.15, 0.2) is 30.5 Å². The molecule has 0 aliphatic rings. The average molecular weight is 275 g/mol. The van der Waals surface area contributed by atoms with Gasteiger partial charge in [0.25, 0.3) is 0 Å². The van der Waals surface area contributed by atoms with Crippen molar-refractivity contribution in [2.24, 2.45) is 5.92 Å². The highest BCUT2D eigenvalue weighted by molar-refractivity contribution is 5.87. The zero-order valence-corrected chi connectivity index (χ0v) is 12.0. The van der Waals surface area contributed by atoms with Crippen molar-refractivity contribution in [3.8, 4) is 0 Å². The number of ether oxygens (including phenoxy) is 1. The van der Waals surface area contributed by atoms with Gasteiger partial charge in [-0.3, -0.25) is 4.79 Å². The Morgan fingerprint density at radius 2 is 2.10 bits per heavy atom. The summed E-state index contributed by atoms with van der Waals surface area (Å²) < 4.78 is 7.68. The van der Waals surface area contributed by atoms with Gasteiger partial charge in [0.2, 0.25) is 0 Å². The Morgan fingerprint density at radius 1 is 1.35 bits per heavy atom. The van der Waals surface area contributed by atoms with E-state index in [9.17, 15) is 4.79 Å². The van der Waals surface area contributed by atoms with Crippen LogP contribution >= 0.6 is 0 Å². The van der Waals surface area contributed by atoms with E-state index in [1.54, 1.807) is 0 Å². The highest BCUT2D eigenvalue weighted by atomic mass is 16.5. The summed E-state index contributed by atoms with van der Waals surface area (Å²) >= 11 is 0. The number of carbonyl (C=O) groups is 1. The monoisotopic (exact) mass is 275 g/mol. The number of aromatic nitrogens is 1. The molecule has 0 fully saturated rings. The molecule has 0 unspecified atom stereocenters. The summed E-state index contributed by atoms with van der Waals surface area (Å²) in [5.41, 5.74) is 1.92. The Hall–Kier alpha value is -1.81. The molecule has 20 heavy (non-hydrogen) atoms. The number of hydrogen-bond acceptors (Lipinski definition) is 2. The Bertz CT molecular complexity index is 586. The molecule has 108 valence electrons. The zero-order valence-electron chi connectivity index (χ0n) is 12.0. The average Bonchev–Trinajstić information content (AvgIpc) is 2.73. The molecule has 1 aromatic heterocycles. The zero-order chi connectivity index (χ0) is 14.5. The van der Waals surface area contributed by atoms with Gasteiger partial charge < -0.3 is 14.4 Å². The van der Waals surface area contributed by atoms with E-state index in [0.717, 1.165) is 29.6 Å². The van der Waals surface area contributed by atoms with Crippen LogP contribution in [-0.2, 0) is 22.5 Å². The maximum absolute atomic E-state index is 10.9. The molecule has 1 heterocycles. The van der Waals surface area contributed by atoms with Crippen LogP contribution in [0.5, 0.6) is 0 Å². The molecule has 0 bridgehead atoms. The van der Waals surface area contributed by atoms with E-state index in [0.29, 0.717) is 12.5 Å². The highest BCUT2D eigenvalue weighted by Gasteiger charge is 2.10. The first-order valence-electron chi connectivity index (χ1n) is 6.94. The molecule has 4 nitrogen and oxygen atoms in total. The lowest BCUT2D eigenvalue weighted by molar-refractivity contribution is -0.136. The van der Waals surface area contributed by atoms with E-state index in [4.69, 9.17) is 9.84 Å². The molecule has 4 heteroatoms. The van der Waals surface area contributed by atoms with Gasteiger partial charge in [0.1, 0.15) is 0 Å². The lowest BCUT2D eigenvalue weighted by Gasteiger charge is -2.08. The van der Waals surface area contributed by atoms with Crippen molar-refractivity contribution in [3.63, 3.8) is 0 Å². The number of rotatable bonds is 7. The van der Waals surface area contributed by atoms with Gasteiger partial charge in [-0.05, 0) is 17.5 Å². The number of para-hydroxylation sites is 1. The topological polar surface area (TPSA) is 51.5 Å². The third-order valence-corrected chi connectivity index (χ3v) is 3.14. The number of nitrogens with zero attached hydrogens (tertiary/aromatic N) is 1. The third kappa shape index (κ3) is 3.61. The standard InChI is InChI=1S/C16H21NO3/c1-12(2)11-20-8-7-17-10-13(9-16(18)19)14-5-3-4-6-15(14)17/h3-6,10,12H,7-9,11H2,1-2H3,(H,18,19). The largest absolute Gasteiger partial charge is 0.481 e. The maximum atomic E-state index is 10.9. The fraction of sp³-hybridized carbons (Fsp3) is 0.438. The summed E-state index contributed by atoms with van der Waals surface area (Å²) in [5.74, 6) is -0.275. The Labute approximate surface area is 119 Å². The van der Waals surface area contributed by atoms with Crippen LogP contribution in [0.25, 0.3) is 10.9 Å². The van der Waals surface area contributed by atoms with Crippen molar-refractivity contribution in [1.29, 1.82) is 0 Å². The third-order valence-electron chi connectivity index (χ3n) is 3.14. The summed E-state index contributed by atoms with van der Waals surface area (Å²) in [4.78, 5) is 10.9. The van der Waals surface area contributed by atoms with Crippen LogP contribution in [-0.4, -0.2) is 28.9 Å². The van der Waals surface area contributed by atoms with E-state index in [1.165, 1.54) is 0 Å².